The van der Waals surface area contributed by atoms with Crippen LogP contribution >= 0.6 is 23.2 Å². The Morgan fingerprint density at radius 3 is 2.57 bits per heavy atom. The van der Waals surface area contributed by atoms with Crippen molar-refractivity contribution in [3.05, 3.63) is 39.6 Å². The maximum absolute atomic E-state index is 13.2. The van der Waals surface area contributed by atoms with Crippen LogP contribution in [0.15, 0.2) is 23.1 Å². The molecule has 0 N–H and O–H groups in total. The number of sulfonamides is 1. The topological polar surface area (TPSA) is 67.7 Å². The predicted octanol–water partition coefficient (Wildman–Crippen LogP) is 2.94. The average molecular weight is 447 g/mol. The third-order valence-corrected chi connectivity index (χ3v) is 7.57. The molecule has 1 saturated heterocycles. The van der Waals surface area contributed by atoms with E-state index in [9.17, 15) is 8.42 Å². The molecule has 1 aliphatic rings. The van der Waals surface area contributed by atoms with Gasteiger partial charge in [0.2, 0.25) is 10.0 Å². The van der Waals surface area contributed by atoms with Crippen LogP contribution in [0.2, 0.25) is 10.2 Å². The van der Waals surface area contributed by atoms with Crippen molar-refractivity contribution in [3.63, 3.8) is 0 Å². The first kappa shape index (κ1) is 21.4. The molecule has 1 aliphatic heterocycles. The molecule has 0 aliphatic carbocycles. The zero-order valence-electron chi connectivity index (χ0n) is 16.2. The summed E-state index contributed by atoms with van der Waals surface area (Å²) in [6, 6.07) is 4.63. The fourth-order valence-electron chi connectivity index (χ4n) is 3.41. The Bertz CT molecular complexity index is 962. The fourth-order valence-corrected chi connectivity index (χ4v) is 5.54. The van der Waals surface area contributed by atoms with E-state index in [0.717, 1.165) is 24.2 Å². The predicted molar refractivity (Wildman–Crippen MR) is 110 cm³/mol. The first-order valence-electron chi connectivity index (χ1n) is 8.98. The number of hydrogen-bond donors (Lipinski definition) is 0. The molecule has 2 aromatic rings. The van der Waals surface area contributed by atoms with E-state index in [-0.39, 0.29) is 4.90 Å². The highest BCUT2D eigenvalue weighted by Gasteiger charge is 2.30. The standard InChI is InChI=1S/C18H24Cl2N4O3S/c1-13-15(18(20)22(2)21-13)12-23-7-4-8-24(10-9-23)28(25,26)17-11-14(19)5-6-16(17)27-3/h5-6,11H,4,7-10,12H2,1-3H3. The molecule has 154 valence electrons. The SMILES string of the molecule is COc1ccc(Cl)cc1S(=O)(=O)N1CCCN(Cc2c(C)nn(C)c2Cl)CC1. The molecule has 10 heteroatoms. The molecule has 0 radical (unpaired) electrons. The van der Waals surface area contributed by atoms with Gasteiger partial charge in [-0.05, 0) is 38.1 Å². The van der Waals surface area contributed by atoms with Gasteiger partial charge in [-0.15, -0.1) is 0 Å². The average Bonchev–Trinajstić information content (AvgIpc) is 2.84. The minimum Gasteiger partial charge on any atom is -0.495 e. The highest BCUT2D eigenvalue weighted by Crippen LogP contribution is 2.30. The van der Waals surface area contributed by atoms with E-state index in [1.54, 1.807) is 16.8 Å². The summed E-state index contributed by atoms with van der Waals surface area (Å²) in [5.74, 6) is 0.295. The monoisotopic (exact) mass is 446 g/mol. The van der Waals surface area contributed by atoms with Gasteiger partial charge in [0.15, 0.2) is 0 Å². The van der Waals surface area contributed by atoms with Gasteiger partial charge in [0.1, 0.15) is 15.8 Å². The summed E-state index contributed by atoms with van der Waals surface area (Å²) in [7, 11) is -0.440. The lowest BCUT2D eigenvalue weighted by Crippen LogP contribution is -2.35. The van der Waals surface area contributed by atoms with E-state index in [4.69, 9.17) is 27.9 Å². The number of nitrogens with zero attached hydrogens (tertiary/aromatic N) is 4. The van der Waals surface area contributed by atoms with Crippen molar-refractivity contribution in [2.45, 2.75) is 24.8 Å². The molecule has 1 aromatic carbocycles. The van der Waals surface area contributed by atoms with Crippen LogP contribution in [0.3, 0.4) is 0 Å². The van der Waals surface area contributed by atoms with Crippen LogP contribution < -0.4 is 4.74 Å². The van der Waals surface area contributed by atoms with Crippen molar-refractivity contribution in [1.82, 2.24) is 19.0 Å². The molecule has 0 bridgehead atoms. The molecular formula is C18H24Cl2N4O3S. The first-order valence-corrected chi connectivity index (χ1v) is 11.2. The van der Waals surface area contributed by atoms with E-state index in [1.165, 1.54) is 17.5 Å². The third kappa shape index (κ3) is 4.31. The summed E-state index contributed by atoms with van der Waals surface area (Å²) in [5, 5.41) is 5.33. The van der Waals surface area contributed by atoms with Crippen LogP contribution in [-0.4, -0.2) is 60.7 Å². The van der Waals surface area contributed by atoms with Crippen LogP contribution in [0.5, 0.6) is 5.75 Å². The second-order valence-electron chi connectivity index (χ2n) is 6.81. The van der Waals surface area contributed by atoms with Crippen LogP contribution in [0.25, 0.3) is 0 Å². The minimum absolute atomic E-state index is 0.0992. The fraction of sp³-hybridized carbons (Fsp3) is 0.500. The van der Waals surface area contributed by atoms with Crippen LogP contribution in [-0.2, 0) is 23.6 Å². The molecule has 28 heavy (non-hydrogen) atoms. The summed E-state index contributed by atoms with van der Waals surface area (Å²) in [6.45, 7) is 4.79. The van der Waals surface area contributed by atoms with Gasteiger partial charge in [-0.3, -0.25) is 9.58 Å². The summed E-state index contributed by atoms with van der Waals surface area (Å²) in [4.78, 5) is 2.31. The summed E-state index contributed by atoms with van der Waals surface area (Å²) >= 11 is 12.4. The van der Waals surface area contributed by atoms with E-state index in [2.05, 4.69) is 10.00 Å². The number of ether oxygens (including phenoxy) is 1. The van der Waals surface area contributed by atoms with Crippen molar-refractivity contribution in [2.24, 2.45) is 7.05 Å². The highest BCUT2D eigenvalue weighted by molar-refractivity contribution is 7.89. The Morgan fingerprint density at radius 2 is 1.93 bits per heavy atom. The second-order valence-corrected chi connectivity index (χ2v) is 9.51. The number of aromatic nitrogens is 2. The Hall–Kier alpha value is -1.32. The molecule has 2 heterocycles. The largest absolute Gasteiger partial charge is 0.495 e. The van der Waals surface area contributed by atoms with Gasteiger partial charge in [-0.1, -0.05) is 23.2 Å². The zero-order chi connectivity index (χ0) is 20.5. The van der Waals surface area contributed by atoms with Gasteiger partial charge in [0.05, 0.1) is 12.8 Å². The van der Waals surface area contributed by atoms with E-state index in [1.807, 2.05) is 14.0 Å². The van der Waals surface area contributed by atoms with Gasteiger partial charge in [0, 0.05) is 43.8 Å². The lowest BCUT2D eigenvalue weighted by molar-refractivity contribution is 0.278. The number of halogens is 2. The summed E-state index contributed by atoms with van der Waals surface area (Å²) in [6.07, 6.45) is 0.721. The van der Waals surface area contributed by atoms with Crippen molar-refractivity contribution in [1.29, 1.82) is 0 Å². The molecule has 1 fully saturated rings. The Labute approximate surface area is 175 Å². The molecule has 1 aromatic heterocycles. The quantitative estimate of drug-likeness (QED) is 0.705. The molecular weight excluding hydrogens is 423 g/mol. The van der Waals surface area contributed by atoms with E-state index < -0.39 is 10.0 Å². The smallest absolute Gasteiger partial charge is 0.246 e. The Morgan fingerprint density at radius 1 is 1.18 bits per heavy atom. The molecule has 0 amide bonds. The first-order chi connectivity index (χ1) is 13.2. The number of benzene rings is 1. The second kappa shape index (κ2) is 8.59. The number of methoxy groups -OCH3 is 1. The molecule has 3 rings (SSSR count). The molecule has 0 unspecified atom stereocenters. The number of hydrogen-bond acceptors (Lipinski definition) is 5. The van der Waals surface area contributed by atoms with Crippen molar-refractivity contribution < 1.29 is 13.2 Å². The maximum atomic E-state index is 13.2. The van der Waals surface area contributed by atoms with E-state index in [0.29, 0.717) is 42.1 Å². The molecule has 0 atom stereocenters. The number of rotatable bonds is 5. The van der Waals surface area contributed by atoms with Gasteiger partial charge >= 0.3 is 0 Å². The van der Waals surface area contributed by atoms with Crippen LogP contribution in [0.1, 0.15) is 17.7 Å². The highest BCUT2D eigenvalue weighted by atomic mass is 35.5. The summed E-state index contributed by atoms with van der Waals surface area (Å²) in [5.41, 5.74) is 1.88. The van der Waals surface area contributed by atoms with Crippen molar-refractivity contribution >= 4 is 33.2 Å². The lowest BCUT2D eigenvalue weighted by atomic mass is 10.2. The van der Waals surface area contributed by atoms with Crippen molar-refractivity contribution in [3.8, 4) is 5.75 Å². The number of aryl methyl sites for hydroxylation is 2. The van der Waals surface area contributed by atoms with Gasteiger partial charge in [-0.2, -0.15) is 9.40 Å². The third-order valence-electron chi connectivity index (χ3n) is 4.94. The van der Waals surface area contributed by atoms with Gasteiger partial charge in [0.25, 0.3) is 0 Å². The van der Waals surface area contributed by atoms with Gasteiger partial charge in [-0.25, -0.2) is 8.42 Å². The Kier molecular flexibility index (Phi) is 6.56. The Balaban J connectivity index is 1.77. The normalized spacial score (nSPS) is 16.9. The molecule has 0 spiro atoms. The molecule has 0 saturated carbocycles. The summed E-state index contributed by atoms with van der Waals surface area (Å²) < 4.78 is 34.8. The zero-order valence-corrected chi connectivity index (χ0v) is 18.5. The maximum Gasteiger partial charge on any atom is 0.246 e. The van der Waals surface area contributed by atoms with Crippen LogP contribution in [0, 0.1) is 6.92 Å². The minimum atomic E-state index is -3.70. The lowest BCUT2D eigenvalue weighted by Gasteiger charge is -2.22. The van der Waals surface area contributed by atoms with Gasteiger partial charge < -0.3 is 4.74 Å². The van der Waals surface area contributed by atoms with E-state index >= 15 is 0 Å². The van der Waals surface area contributed by atoms with Crippen molar-refractivity contribution in [2.75, 3.05) is 33.3 Å². The van der Waals surface area contributed by atoms with Crippen LogP contribution in [0.4, 0.5) is 0 Å². The molecule has 7 nitrogen and oxygen atoms in total.